The summed E-state index contributed by atoms with van der Waals surface area (Å²) in [5.74, 6) is -0.162. The van der Waals surface area contributed by atoms with E-state index in [-0.39, 0.29) is 24.1 Å². The molecule has 0 radical (unpaired) electrons. The number of nitrogens with zero attached hydrogens (tertiary/aromatic N) is 2. The minimum atomic E-state index is -0.792. The van der Waals surface area contributed by atoms with E-state index in [9.17, 15) is 9.59 Å². The van der Waals surface area contributed by atoms with Gasteiger partial charge in [0.25, 0.3) is 5.91 Å². The summed E-state index contributed by atoms with van der Waals surface area (Å²) < 4.78 is 11.0. The average molecular weight is 484 g/mol. The zero-order valence-electron chi connectivity index (χ0n) is 19.0. The van der Waals surface area contributed by atoms with Crippen LogP contribution in [-0.4, -0.2) is 46.2 Å². The van der Waals surface area contributed by atoms with Crippen molar-refractivity contribution in [3.05, 3.63) is 64.3 Å². The van der Waals surface area contributed by atoms with Crippen LogP contribution in [-0.2, 0) is 17.8 Å². The van der Waals surface area contributed by atoms with Crippen molar-refractivity contribution in [1.29, 1.82) is 0 Å². The maximum Gasteiger partial charge on any atom is 0.304 e. The highest BCUT2D eigenvalue weighted by atomic mass is 35.5. The number of aromatic nitrogens is 1. The van der Waals surface area contributed by atoms with Crippen LogP contribution in [0.5, 0.6) is 5.75 Å². The maximum absolute atomic E-state index is 12.7. The van der Waals surface area contributed by atoms with E-state index in [0.29, 0.717) is 40.9 Å². The number of hydrogen-bond donors (Lipinski definition) is 2. The number of amides is 1. The van der Waals surface area contributed by atoms with Gasteiger partial charge >= 0.3 is 5.97 Å². The Balaban J connectivity index is 1.41. The molecule has 1 aliphatic rings. The molecule has 9 heteroatoms. The number of rotatable bonds is 8. The number of carboxylic acids is 1. The summed E-state index contributed by atoms with van der Waals surface area (Å²) in [6.07, 6.45) is 0.929. The molecule has 0 spiro atoms. The minimum Gasteiger partial charge on any atom is -0.489 e. The fraction of sp³-hybridized carbons (Fsp3) is 0.320. The molecule has 2 heterocycles. The van der Waals surface area contributed by atoms with E-state index in [0.717, 1.165) is 24.1 Å². The molecule has 0 unspecified atom stereocenters. The lowest BCUT2D eigenvalue weighted by Gasteiger charge is -2.28. The van der Waals surface area contributed by atoms with Gasteiger partial charge in [0.05, 0.1) is 17.5 Å². The lowest BCUT2D eigenvalue weighted by molar-refractivity contribution is -0.137. The molecule has 178 valence electrons. The van der Waals surface area contributed by atoms with Crippen LogP contribution in [0.2, 0.25) is 5.02 Å². The van der Waals surface area contributed by atoms with Crippen molar-refractivity contribution in [1.82, 2.24) is 10.1 Å². The van der Waals surface area contributed by atoms with Crippen molar-refractivity contribution < 1.29 is 24.0 Å². The number of aliphatic carboxylic acids is 1. The van der Waals surface area contributed by atoms with Gasteiger partial charge in [-0.15, -0.1) is 0 Å². The summed E-state index contributed by atoms with van der Waals surface area (Å²) in [5.41, 5.74) is 3.80. The molecule has 0 fully saturated rings. The first-order chi connectivity index (χ1) is 16.3. The van der Waals surface area contributed by atoms with Crippen molar-refractivity contribution in [2.24, 2.45) is 0 Å². The third-order valence-electron chi connectivity index (χ3n) is 5.52. The molecule has 8 nitrogen and oxygen atoms in total. The number of nitrogens with one attached hydrogen (secondary N) is 1. The van der Waals surface area contributed by atoms with Crippen molar-refractivity contribution in [3.63, 3.8) is 0 Å². The normalized spacial score (nSPS) is 13.5. The van der Waals surface area contributed by atoms with Gasteiger partial charge in [-0.05, 0) is 61.7 Å². The van der Waals surface area contributed by atoms with Gasteiger partial charge in [0, 0.05) is 37.0 Å². The molecule has 1 aliphatic heterocycles. The van der Waals surface area contributed by atoms with E-state index in [1.807, 2.05) is 32.0 Å². The molecule has 0 bridgehead atoms. The second kappa shape index (κ2) is 10.3. The van der Waals surface area contributed by atoms with E-state index in [1.54, 1.807) is 24.3 Å². The SMILES string of the molecule is CC(C)Oc1ccc(-c2cc(C(=O)Nc3ccc4c(c3)CCN(CCC(=O)O)C4)no2)cc1Cl. The van der Waals surface area contributed by atoms with Gasteiger partial charge in [0.2, 0.25) is 0 Å². The Labute approximate surface area is 202 Å². The maximum atomic E-state index is 12.7. The number of anilines is 1. The molecule has 1 amide bonds. The first-order valence-corrected chi connectivity index (χ1v) is 11.5. The standard InChI is InChI=1S/C25H26ClN3O5/c1-15(2)33-22-6-4-17(12-20(22)26)23-13-21(28-34-23)25(32)27-19-5-3-18-14-29(10-8-24(30)31)9-7-16(18)11-19/h3-6,11-13,15H,7-10,14H2,1-2H3,(H,27,32)(H,30,31). The number of benzene rings is 2. The summed E-state index contributed by atoms with van der Waals surface area (Å²) in [5, 5.41) is 16.1. The largest absolute Gasteiger partial charge is 0.489 e. The molecular formula is C25H26ClN3O5. The Morgan fingerprint density at radius 1 is 1.21 bits per heavy atom. The van der Waals surface area contributed by atoms with Crippen molar-refractivity contribution in [3.8, 4) is 17.1 Å². The molecule has 0 atom stereocenters. The molecule has 2 aromatic carbocycles. The first-order valence-electron chi connectivity index (χ1n) is 11.1. The Kier molecular flexibility index (Phi) is 7.19. The van der Waals surface area contributed by atoms with E-state index >= 15 is 0 Å². The second-order valence-electron chi connectivity index (χ2n) is 8.50. The quantitative estimate of drug-likeness (QED) is 0.471. The number of carbonyl (C=O) groups excluding carboxylic acids is 1. The lowest BCUT2D eigenvalue weighted by atomic mass is 9.99. The van der Waals surface area contributed by atoms with E-state index in [1.165, 1.54) is 0 Å². The monoisotopic (exact) mass is 483 g/mol. The molecule has 0 saturated carbocycles. The van der Waals surface area contributed by atoms with Gasteiger partial charge in [-0.2, -0.15) is 0 Å². The highest BCUT2D eigenvalue weighted by molar-refractivity contribution is 6.32. The Bertz CT molecular complexity index is 1210. The highest BCUT2D eigenvalue weighted by Gasteiger charge is 2.19. The lowest BCUT2D eigenvalue weighted by Crippen LogP contribution is -2.32. The molecule has 0 saturated heterocycles. The molecular weight excluding hydrogens is 458 g/mol. The first kappa shape index (κ1) is 23.8. The predicted molar refractivity (Wildman–Crippen MR) is 128 cm³/mol. The van der Waals surface area contributed by atoms with Crippen LogP contribution in [0.15, 0.2) is 47.0 Å². The van der Waals surface area contributed by atoms with Crippen molar-refractivity contribution in [2.45, 2.75) is 39.3 Å². The predicted octanol–water partition coefficient (Wildman–Crippen LogP) is 4.87. The van der Waals surface area contributed by atoms with Crippen LogP contribution in [0.25, 0.3) is 11.3 Å². The highest BCUT2D eigenvalue weighted by Crippen LogP contribution is 2.31. The Morgan fingerprint density at radius 2 is 2.03 bits per heavy atom. The molecule has 1 aromatic heterocycles. The summed E-state index contributed by atoms with van der Waals surface area (Å²) in [4.78, 5) is 25.7. The van der Waals surface area contributed by atoms with Crippen LogP contribution >= 0.6 is 11.6 Å². The molecule has 2 N–H and O–H groups in total. The van der Waals surface area contributed by atoms with Gasteiger partial charge in [-0.1, -0.05) is 22.8 Å². The zero-order chi connectivity index (χ0) is 24.2. The van der Waals surface area contributed by atoms with Crippen LogP contribution in [0.1, 0.15) is 41.9 Å². The minimum absolute atomic E-state index is 0.00314. The van der Waals surface area contributed by atoms with Crippen LogP contribution < -0.4 is 10.1 Å². The molecule has 3 aromatic rings. The van der Waals surface area contributed by atoms with Crippen LogP contribution in [0, 0.1) is 0 Å². The molecule has 4 rings (SSSR count). The number of halogens is 1. The number of carbonyl (C=O) groups is 2. The topological polar surface area (TPSA) is 105 Å². The summed E-state index contributed by atoms with van der Waals surface area (Å²) in [6.45, 7) is 5.86. The Morgan fingerprint density at radius 3 is 2.76 bits per heavy atom. The van der Waals surface area contributed by atoms with Gasteiger partial charge in [-0.25, -0.2) is 0 Å². The number of fused-ring (bicyclic) bond motifs is 1. The molecule has 0 aliphatic carbocycles. The van der Waals surface area contributed by atoms with Crippen LogP contribution in [0.3, 0.4) is 0 Å². The smallest absolute Gasteiger partial charge is 0.304 e. The van der Waals surface area contributed by atoms with E-state index in [2.05, 4.69) is 15.4 Å². The summed E-state index contributed by atoms with van der Waals surface area (Å²) in [7, 11) is 0. The second-order valence-corrected chi connectivity index (χ2v) is 8.90. The van der Waals surface area contributed by atoms with E-state index in [4.69, 9.17) is 26.0 Å². The van der Waals surface area contributed by atoms with Crippen LogP contribution in [0.4, 0.5) is 5.69 Å². The molecule has 34 heavy (non-hydrogen) atoms. The fourth-order valence-electron chi connectivity index (χ4n) is 3.85. The number of ether oxygens (including phenoxy) is 1. The van der Waals surface area contributed by atoms with E-state index < -0.39 is 5.97 Å². The fourth-order valence-corrected chi connectivity index (χ4v) is 4.08. The average Bonchev–Trinajstić information content (AvgIpc) is 3.29. The van der Waals surface area contributed by atoms with Gasteiger partial charge < -0.3 is 19.7 Å². The van der Waals surface area contributed by atoms with Gasteiger partial charge in [0.15, 0.2) is 11.5 Å². The third-order valence-corrected chi connectivity index (χ3v) is 5.81. The zero-order valence-corrected chi connectivity index (χ0v) is 19.8. The van der Waals surface area contributed by atoms with Gasteiger partial charge in [-0.3, -0.25) is 14.5 Å². The third kappa shape index (κ3) is 5.76. The summed E-state index contributed by atoms with van der Waals surface area (Å²) >= 11 is 6.30. The number of hydrogen-bond acceptors (Lipinski definition) is 6. The summed E-state index contributed by atoms with van der Waals surface area (Å²) in [6, 6.07) is 12.6. The number of carboxylic acid groups (broad SMARTS) is 1. The van der Waals surface area contributed by atoms with Crippen molar-refractivity contribution in [2.75, 3.05) is 18.4 Å². The Hall–Kier alpha value is -3.36. The van der Waals surface area contributed by atoms with Gasteiger partial charge in [0.1, 0.15) is 5.75 Å². The van der Waals surface area contributed by atoms with Crippen molar-refractivity contribution >= 4 is 29.2 Å².